The maximum absolute atomic E-state index is 5.88. The van der Waals surface area contributed by atoms with Gasteiger partial charge in [-0.15, -0.1) is 0 Å². The average Bonchev–Trinajstić information content (AvgIpc) is 2.46. The van der Waals surface area contributed by atoms with Gasteiger partial charge in [-0.3, -0.25) is 0 Å². The molecule has 0 aliphatic heterocycles. The molecule has 1 aromatic heterocycles. The van der Waals surface area contributed by atoms with Crippen molar-refractivity contribution in [3.05, 3.63) is 41.1 Å². The summed E-state index contributed by atoms with van der Waals surface area (Å²) in [5.41, 5.74) is 13.5. The predicted molar refractivity (Wildman–Crippen MR) is 88.5 cm³/mol. The van der Waals surface area contributed by atoms with E-state index in [0.717, 1.165) is 11.3 Å². The van der Waals surface area contributed by atoms with Gasteiger partial charge in [0.2, 0.25) is 5.95 Å². The number of nitrogens with zero attached hydrogens (tertiary/aromatic N) is 2. The summed E-state index contributed by atoms with van der Waals surface area (Å²) < 4.78 is 5.17. The summed E-state index contributed by atoms with van der Waals surface area (Å²) in [4.78, 5) is 8.05. The number of ether oxygens (including phenoxy) is 1. The first-order valence-corrected chi connectivity index (χ1v) is 6.91. The maximum atomic E-state index is 5.88. The Hall–Kier alpha value is -2.74. The van der Waals surface area contributed by atoms with E-state index in [1.54, 1.807) is 7.11 Å². The van der Waals surface area contributed by atoms with Crippen LogP contribution in [0.1, 0.15) is 30.7 Å². The number of hydrogen-bond donors (Lipinski definition) is 2. The zero-order chi connectivity index (χ0) is 16.3. The van der Waals surface area contributed by atoms with Gasteiger partial charge in [0.25, 0.3) is 0 Å². The first-order valence-electron chi connectivity index (χ1n) is 6.91. The maximum Gasteiger partial charge on any atom is 0.222 e. The highest BCUT2D eigenvalue weighted by Crippen LogP contribution is 2.25. The molecule has 0 aliphatic carbocycles. The largest absolute Gasteiger partial charge is 0.497 e. The number of benzene rings is 1. The molecule has 1 heterocycles. The highest BCUT2D eigenvalue weighted by molar-refractivity contribution is 5.56. The van der Waals surface area contributed by atoms with Gasteiger partial charge in [0, 0.05) is 0 Å². The van der Waals surface area contributed by atoms with E-state index in [0.29, 0.717) is 17.1 Å². The zero-order valence-corrected chi connectivity index (χ0v) is 13.3. The van der Waals surface area contributed by atoms with E-state index in [1.165, 1.54) is 0 Å². The highest BCUT2D eigenvalue weighted by Gasteiger charge is 2.18. The number of nitrogen functional groups attached to an aromatic ring is 2. The molecule has 22 heavy (non-hydrogen) atoms. The SMILES string of the molecule is COc1ccc(C(C)(C)C#Cc2c(C)nc(N)nc2N)cc1. The second-order valence-corrected chi connectivity index (χ2v) is 5.53. The summed E-state index contributed by atoms with van der Waals surface area (Å²) in [6.45, 7) is 5.91. The topological polar surface area (TPSA) is 87.0 Å². The summed E-state index contributed by atoms with van der Waals surface area (Å²) in [5.74, 6) is 7.62. The van der Waals surface area contributed by atoms with Crippen LogP contribution in [-0.2, 0) is 5.41 Å². The minimum Gasteiger partial charge on any atom is -0.497 e. The second kappa shape index (κ2) is 5.94. The zero-order valence-electron chi connectivity index (χ0n) is 13.3. The average molecular weight is 296 g/mol. The molecule has 0 amide bonds. The summed E-state index contributed by atoms with van der Waals surface area (Å²) in [6, 6.07) is 7.85. The molecule has 4 N–H and O–H groups in total. The van der Waals surface area contributed by atoms with Gasteiger partial charge in [-0.1, -0.05) is 24.0 Å². The van der Waals surface area contributed by atoms with E-state index in [9.17, 15) is 0 Å². The lowest BCUT2D eigenvalue weighted by Gasteiger charge is -2.18. The van der Waals surface area contributed by atoms with Gasteiger partial charge in [0.1, 0.15) is 11.6 Å². The molecule has 0 spiro atoms. The molecule has 5 nitrogen and oxygen atoms in total. The number of rotatable bonds is 2. The van der Waals surface area contributed by atoms with Crippen LogP contribution in [-0.4, -0.2) is 17.1 Å². The van der Waals surface area contributed by atoms with Crippen molar-refractivity contribution in [1.29, 1.82) is 0 Å². The number of nitrogens with two attached hydrogens (primary N) is 2. The number of hydrogen-bond acceptors (Lipinski definition) is 5. The first-order chi connectivity index (χ1) is 10.3. The molecule has 0 fully saturated rings. The van der Waals surface area contributed by atoms with E-state index in [4.69, 9.17) is 16.2 Å². The summed E-state index contributed by atoms with van der Waals surface area (Å²) in [6.07, 6.45) is 0. The molecule has 5 heteroatoms. The van der Waals surface area contributed by atoms with Gasteiger partial charge in [0.15, 0.2) is 0 Å². The summed E-state index contributed by atoms with van der Waals surface area (Å²) in [7, 11) is 1.65. The third-order valence-electron chi connectivity index (χ3n) is 3.45. The van der Waals surface area contributed by atoms with Crippen LogP contribution in [0.5, 0.6) is 5.75 Å². The molecule has 0 bridgehead atoms. The predicted octanol–water partition coefficient (Wildman–Crippen LogP) is 2.29. The Morgan fingerprint density at radius 3 is 2.27 bits per heavy atom. The standard InChI is InChI=1S/C17H20N4O/c1-11-14(15(18)21-16(19)20-11)9-10-17(2,3)12-5-7-13(22-4)8-6-12/h5-8H,1-4H3,(H4,18,19,20,21). The molecule has 0 saturated heterocycles. The highest BCUT2D eigenvalue weighted by atomic mass is 16.5. The quantitative estimate of drug-likeness (QED) is 0.830. The van der Waals surface area contributed by atoms with Crippen molar-refractivity contribution in [2.45, 2.75) is 26.2 Å². The minimum absolute atomic E-state index is 0.162. The molecular formula is C17H20N4O. The van der Waals surface area contributed by atoms with Gasteiger partial charge < -0.3 is 16.2 Å². The van der Waals surface area contributed by atoms with Gasteiger partial charge in [-0.25, -0.2) is 4.98 Å². The molecule has 114 valence electrons. The smallest absolute Gasteiger partial charge is 0.222 e. The Morgan fingerprint density at radius 2 is 1.73 bits per heavy atom. The third-order valence-corrected chi connectivity index (χ3v) is 3.45. The van der Waals surface area contributed by atoms with Gasteiger partial charge in [-0.2, -0.15) is 4.98 Å². The molecule has 0 radical (unpaired) electrons. The van der Waals surface area contributed by atoms with Gasteiger partial charge in [-0.05, 0) is 38.5 Å². The van der Waals surface area contributed by atoms with E-state index < -0.39 is 0 Å². The van der Waals surface area contributed by atoms with Crippen molar-refractivity contribution < 1.29 is 4.74 Å². The minimum atomic E-state index is -0.341. The van der Waals surface area contributed by atoms with Gasteiger partial charge >= 0.3 is 0 Å². The Bertz CT molecular complexity index is 716. The van der Waals surface area contributed by atoms with E-state index >= 15 is 0 Å². The summed E-state index contributed by atoms with van der Waals surface area (Å²) in [5, 5.41) is 0. The van der Waals surface area contributed by atoms with Gasteiger partial charge in [0.05, 0.1) is 23.8 Å². The number of anilines is 2. The van der Waals surface area contributed by atoms with Crippen molar-refractivity contribution in [3.8, 4) is 17.6 Å². The molecular weight excluding hydrogens is 276 g/mol. The fraction of sp³-hybridized carbons (Fsp3) is 0.294. The van der Waals surface area contributed by atoms with E-state index in [2.05, 4.69) is 21.8 Å². The van der Waals surface area contributed by atoms with E-state index in [-0.39, 0.29) is 11.4 Å². The van der Waals surface area contributed by atoms with Crippen molar-refractivity contribution in [3.63, 3.8) is 0 Å². The Labute approximate surface area is 130 Å². The van der Waals surface area contributed by atoms with Crippen molar-refractivity contribution in [2.24, 2.45) is 0 Å². The number of methoxy groups -OCH3 is 1. The Morgan fingerprint density at radius 1 is 1.09 bits per heavy atom. The van der Waals surface area contributed by atoms with E-state index in [1.807, 2.05) is 45.0 Å². The van der Waals surface area contributed by atoms with Crippen LogP contribution in [0.4, 0.5) is 11.8 Å². The summed E-state index contributed by atoms with van der Waals surface area (Å²) >= 11 is 0. The third kappa shape index (κ3) is 3.29. The Balaban J connectivity index is 2.37. The molecule has 0 unspecified atom stereocenters. The normalized spacial score (nSPS) is 10.7. The Kier molecular flexibility index (Phi) is 4.22. The molecule has 0 saturated carbocycles. The number of aromatic nitrogens is 2. The lowest BCUT2D eigenvalue weighted by molar-refractivity contribution is 0.414. The first kappa shape index (κ1) is 15.6. The van der Waals surface area contributed by atoms with Crippen LogP contribution in [0.25, 0.3) is 0 Å². The van der Waals surface area contributed by atoms with Crippen molar-refractivity contribution in [2.75, 3.05) is 18.6 Å². The molecule has 2 aromatic rings. The van der Waals surface area contributed by atoms with Crippen molar-refractivity contribution >= 4 is 11.8 Å². The molecule has 0 atom stereocenters. The van der Waals surface area contributed by atoms with Crippen LogP contribution >= 0.6 is 0 Å². The van der Waals surface area contributed by atoms with Crippen LogP contribution in [0, 0.1) is 18.8 Å². The second-order valence-electron chi connectivity index (χ2n) is 5.53. The molecule has 1 aromatic carbocycles. The fourth-order valence-electron chi connectivity index (χ4n) is 2.07. The van der Waals surface area contributed by atoms with Crippen LogP contribution in [0.15, 0.2) is 24.3 Å². The lowest BCUT2D eigenvalue weighted by atomic mass is 9.85. The fourth-order valence-corrected chi connectivity index (χ4v) is 2.07. The number of aryl methyl sites for hydroxylation is 1. The molecule has 2 rings (SSSR count). The van der Waals surface area contributed by atoms with Crippen LogP contribution in [0.3, 0.4) is 0 Å². The van der Waals surface area contributed by atoms with Crippen LogP contribution in [0.2, 0.25) is 0 Å². The monoisotopic (exact) mass is 296 g/mol. The van der Waals surface area contributed by atoms with Crippen molar-refractivity contribution in [1.82, 2.24) is 9.97 Å². The lowest BCUT2D eigenvalue weighted by Crippen LogP contribution is -2.14. The molecule has 0 aliphatic rings. The van der Waals surface area contributed by atoms with Crippen LogP contribution < -0.4 is 16.2 Å².